The number of nitrogens with zero attached hydrogens (tertiary/aromatic N) is 3. The van der Waals surface area contributed by atoms with E-state index in [1.807, 2.05) is 6.20 Å². The average Bonchev–Trinajstić information content (AvgIpc) is 3.20. The molecule has 3 fully saturated rings. The van der Waals surface area contributed by atoms with Gasteiger partial charge in [-0.3, -0.25) is 4.79 Å². The molecule has 1 amide bonds. The van der Waals surface area contributed by atoms with Gasteiger partial charge in [0.2, 0.25) is 5.91 Å². The van der Waals surface area contributed by atoms with Crippen molar-refractivity contribution >= 4 is 5.91 Å². The van der Waals surface area contributed by atoms with E-state index in [-0.39, 0.29) is 0 Å². The van der Waals surface area contributed by atoms with Crippen LogP contribution in [0.25, 0.3) is 0 Å². The van der Waals surface area contributed by atoms with Crippen LogP contribution in [0.1, 0.15) is 75.7 Å². The van der Waals surface area contributed by atoms with Crippen molar-refractivity contribution in [3.8, 4) is 0 Å². The molecule has 0 spiro atoms. The van der Waals surface area contributed by atoms with Crippen molar-refractivity contribution in [3.05, 3.63) is 17.7 Å². The third-order valence-electron chi connectivity index (χ3n) is 6.96. The molecule has 4 heteroatoms. The minimum Gasteiger partial charge on any atom is -0.343 e. The molecule has 4 nitrogen and oxygen atoms in total. The number of hydrogen-bond donors (Lipinski definition) is 0. The number of hydrogen-bond acceptors (Lipinski definition) is 2. The maximum atomic E-state index is 12.5. The number of rotatable bonds is 7. The van der Waals surface area contributed by atoms with Crippen LogP contribution in [0, 0.1) is 24.7 Å². The van der Waals surface area contributed by atoms with Gasteiger partial charge in [-0.1, -0.05) is 25.7 Å². The Morgan fingerprint density at radius 2 is 1.77 bits per heavy atom. The van der Waals surface area contributed by atoms with Crippen molar-refractivity contribution in [1.82, 2.24) is 14.5 Å². The molecule has 2 heterocycles. The minimum absolute atomic E-state index is 0.404. The Morgan fingerprint density at radius 1 is 1.04 bits per heavy atom. The summed E-state index contributed by atoms with van der Waals surface area (Å²) in [5.41, 5.74) is 1.31. The Labute approximate surface area is 158 Å². The van der Waals surface area contributed by atoms with Gasteiger partial charge in [0.15, 0.2) is 0 Å². The molecule has 2 aliphatic carbocycles. The predicted molar refractivity (Wildman–Crippen MR) is 104 cm³/mol. The molecule has 0 unspecified atom stereocenters. The molecule has 1 aromatic rings. The van der Waals surface area contributed by atoms with Crippen LogP contribution in [0.2, 0.25) is 0 Å². The van der Waals surface area contributed by atoms with Gasteiger partial charge in [0.1, 0.15) is 5.82 Å². The van der Waals surface area contributed by atoms with E-state index in [1.165, 1.54) is 56.6 Å². The number of aryl methyl sites for hydroxylation is 1. The van der Waals surface area contributed by atoms with E-state index in [0.29, 0.717) is 11.8 Å². The third-order valence-corrected chi connectivity index (χ3v) is 6.96. The van der Waals surface area contributed by atoms with Gasteiger partial charge in [0.25, 0.3) is 0 Å². The number of carbonyl (C=O) groups excluding carboxylic acids is 1. The van der Waals surface area contributed by atoms with Crippen LogP contribution in [0.15, 0.2) is 6.20 Å². The Balaban J connectivity index is 1.22. The van der Waals surface area contributed by atoms with Crippen LogP contribution in [0.3, 0.4) is 0 Å². The molecule has 0 bridgehead atoms. The molecule has 0 atom stereocenters. The molecule has 26 heavy (non-hydrogen) atoms. The van der Waals surface area contributed by atoms with E-state index >= 15 is 0 Å². The van der Waals surface area contributed by atoms with Gasteiger partial charge in [-0.05, 0) is 56.8 Å². The fourth-order valence-electron chi connectivity index (χ4n) is 4.91. The minimum atomic E-state index is 0.404. The van der Waals surface area contributed by atoms with Gasteiger partial charge in [-0.15, -0.1) is 0 Å². The lowest BCUT2D eigenvalue weighted by Gasteiger charge is -2.32. The zero-order valence-corrected chi connectivity index (χ0v) is 16.5. The lowest BCUT2D eigenvalue weighted by Crippen LogP contribution is -2.39. The van der Waals surface area contributed by atoms with Gasteiger partial charge in [-0.25, -0.2) is 4.98 Å². The third kappa shape index (κ3) is 4.50. The van der Waals surface area contributed by atoms with Crippen molar-refractivity contribution in [1.29, 1.82) is 0 Å². The first-order valence-corrected chi connectivity index (χ1v) is 11.0. The highest BCUT2D eigenvalue weighted by Crippen LogP contribution is 2.32. The highest BCUT2D eigenvalue weighted by Gasteiger charge is 2.27. The zero-order chi connectivity index (χ0) is 17.9. The lowest BCUT2D eigenvalue weighted by atomic mass is 9.92. The summed E-state index contributed by atoms with van der Waals surface area (Å²) < 4.78 is 2.46. The summed E-state index contributed by atoms with van der Waals surface area (Å²) in [5, 5.41) is 0. The summed E-state index contributed by atoms with van der Waals surface area (Å²) >= 11 is 0. The molecule has 1 aromatic heterocycles. The van der Waals surface area contributed by atoms with E-state index in [2.05, 4.69) is 16.4 Å². The van der Waals surface area contributed by atoms with Crippen LogP contribution in [-0.4, -0.2) is 33.4 Å². The number of amides is 1. The summed E-state index contributed by atoms with van der Waals surface area (Å²) in [6.45, 7) is 5.26. The number of imidazole rings is 1. The standard InChI is InChI=1S/C22H35N3O/c1-17-15-23-21(25(17)16-20-6-7-20)14-19-10-12-24(13-11-19)22(26)9-8-18-4-2-3-5-18/h15,18-20H,2-14,16H2,1H3. The Hall–Kier alpha value is -1.32. The maximum absolute atomic E-state index is 12.5. The van der Waals surface area contributed by atoms with Crippen molar-refractivity contribution in [2.75, 3.05) is 13.1 Å². The van der Waals surface area contributed by atoms with Crippen LogP contribution in [-0.2, 0) is 17.8 Å². The summed E-state index contributed by atoms with van der Waals surface area (Å²) in [7, 11) is 0. The first-order chi connectivity index (χ1) is 12.7. The van der Waals surface area contributed by atoms with Gasteiger partial charge < -0.3 is 9.47 Å². The second-order valence-corrected chi connectivity index (χ2v) is 9.09. The fraction of sp³-hybridized carbons (Fsp3) is 0.818. The van der Waals surface area contributed by atoms with Gasteiger partial charge >= 0.3 is 0 Å². The Kier molecular flexibility index (Phi) is 5.66. The quantitative estimate of drug-likeness (QED) is 0.727. The first-order valence-electron chi connectivity index (χ1n) is 11.0. The van der Waals surface area contributed by atoms with E-state index in [1.54, 1.807) is 0 Å². The molecule has 0 N–H and O–H groups in total. The predicted octanol–water partition coefficient (Wildman–Crippen LogP) is 4.35. The summed E-state index contributed by atoms with van der Waals surface area (Å²) in [4.78, 5) is 19.3. The first kappa shape index (κ1) is 18.1. The van der Waals surface area contributed by atoms with E-state index in [4.69, 9.17) is 4.98 Å². The van der Waals surface area contributed by atoms with Crippen molar-refractivity contribution in [2.24, 2.45) is 17.8 Å². The van der Waals surface area contributed by atoms with E-state index in [9.17, 15) is 4.79 Å². The zero-order valence-electron chi connectivity index (χ0n) is 16.5. The summed E-state index contributed by atoms with van der Waals surface area (Å²) in [5.74, 6) is 4.08. The maximum Gasteiger partial charge on any atom is 0.222 e. The number of aromatic nitrogens is 2. The van der Waals surface area contributed by atoms with E-state index < -0.39 is 0 Å². The lowest BCUT2D eigenvalue weighted by molar-refractivity contribution is -0.132. The SMILES string of the molecule is Cc1cnc(CC2CCN(C(=O)CCC3CCCC3)CC2)n1CC1CC1. The monoisotopic (exact) mass is 357 g/mol. The summed E-state index contributed by atoms with van der Waals surface area (Å²) in [6.07, 6.45) is 15.5. The molecule has 4 rings (SSSR count). The second-order valence-electron chi connectivity index (χ2n) is 9.09. The van der Waals surface area contributed by atoms with Gasteiger partial charge in [0.05, 0.1) is 0 Å². The smallest absolute Gasteiger partial charge is 0.222 e. The van der Waals surface area contributed by atoms with Crippen LogP contribution < -0.4 is 0 Å². The average molecular weight is 358 g/mol. The Bertz CT molecular complexity index is 605. The molecule has 1 saturated heterocycles. The van der Waals surface area contributed by atoms with Crippen molar-refractivity contribution in [3.63, 3.8) is 0 Å². The van der Waals surface area contributed by atoms with Gasteiger partial charge in [-0.2, -0.15) is 0 Å². The highest BCUT2D eigenvalue weighted by molar-refractivity contribution is 5.76. The normalized spacial score (nSPS) is 22.3. The molecule has 144 valence electrons. The van der Waals surface area contributed by atoms with Crippen LogP contribution in [0.4, 0.5) is 0 Å². The highest BCUT2D eigenvalue weighted by atomic mass is 16.2. The molecular weight excluding hydrogens is 322 g/mol. The van der Waals surface area contributed by atoms with Crippen molar-refractivity contribution in [2.45, 2.75) is 84.1 Å². The van der Waals surface area contributed by atoms with Crippen LogP contribution >= 0.6 is 0 Å². The molecule has 3 aliphatic rings. The molecule has 0 radical (unpaired) electrons. The summed E-state index contributed by atoms with van der Waals surface area (Å²) in [6, 6.07) is 0. The Morgan fingerprint density at radius 3 is 2.46 bits per heavy atom. The largest absolute Gasteiger partial charge is 0.343 e. The fourth-order valence-corrected chi connectivity index (χ4v) is 4.91. The van der Waals surface area contributed by atoms with Gasteiger partial charge in [0, 0.05) is 44.4 Å². The molecule has 0 aromatic carbocycles. The molecule has 2 saturated carbocycles. The second kappa shape index (κ2) is 8.14. The van der Waals surface area contributed by atoms with E-state index in [0.717, 1.165) is 57.0 Å². The number of piperidine rings is 1. The van der Waals surface area contributed by atoms with Crippen LogP contribution in [0.5, 0.6) is 0 Å². The molecule has 1 aliphatic heterocycles. The molecular formula is C22H35N3O. The van der Waals surface area contributed by atoms with Crippen molar-refractivity contribution < 1.29 is 4.79 Å². The topological polar surface area (TPSA) is 38.1 Å². The number of carbonyl (C=O) groups is 1. The number of likely N-dealkylation sites (tertiary alicyclic amines) is 1.